The Balaban J connectivity index is 2.48. The van der Waals surface area contributed by atoms with Gasteiger partial charge in [0, 0.05) is 27.2 Å². The molecule has 0 saturated carbocycles. The normalized spacial score (nSPS) is 21.5. The molecule has 0 aliphatic carbocycles. The summed E-state index contributed by atoms with van der Waals surface area (Å²) in [6, 6.07) is -0.447. The van der Waals surface area contributed by atoms with Crippen LogP contribution < -0.4 is 11.2 Å². The SMILES string of the molecule is CN(C)NC(=O)[C@@H]1CCCN(C(N)=O)C1. The van der Waals surface area contributed by atoms with Crippen molar-refractivity contribution in [2.24, 2.45) is 11.7 Å². The number of piperidine rings is 1. The number of hydrogen-bond donors (Lipinski definition) is 2. The van der Waals surface area contributed by atoms with Gasteiger partial charge in [0.25, 0.3) is 0 Å². The molecule has 15 heavy (non-hydrogen) atoms. The van der Waals surface area contributed by atoms with Gasteiger partial charge in [-0.15, -0.1) is 0 Å². The standard InChI is InChI=1S/C9H18N4O2/c1-12(2)11-8(14)7-4-3-5-13(6-7)9(10)15/h7H,3-6H2,1-2H3,(H2,10,15)(H,11,14)/t7-/m1/s1. The summed E-state index contributed by atoms with van der Waals surface area (Å²) in [6.45, 7) is 1.08. The van der Waals surface area contributed by atoms with Gasteiger partial charge in [0.15, 0.2) is 0 Å². The van der Waals surface area contributed by atoms with Crippen LogP contribution >= 0.6 is 0 Å². The minimum absolute atomic E-state index is 0.0500. The molecule has 0 aromatic heterocycles. The zero-order valence-corrected chi connectivity index (χ0v) is 9.19. The van der Waals surface area contributed by atoms with Crippen LogP contribution in [0.2, 0.25) is 0 Å². The van der Waals surface area contributed by atoms with Crippen LogP contribution in [0.3, 0.4) is 0 Å². The number of urea groups is 1. The number of likely N-dealkylation sites (tertiary alicyclic amines) is 1. The maximum Gasteiger partial charge on any atom is 0.314 e. The topological polar surface area (TPSA) is 78.7 Å². The summed E-state index contributed by atoms with van der Waals surface area (Å²) >= 11 is 0. The molecule has 1 aliphatic rings. The summed E-state index contributed by atoms with van der Waals surface area (Å²) in [4.78, 5) is 24.1. The van der Waals surface area contributed by atoms with Crippen molar-refractivity contribution in [3.8, 4) is 0 Å². The van der Waals surface area contributed by atoms with Crippen molar-refractivity contribution in [1.29, 1.82) is 0 Å². The van der Waals surface area contributed by atoms with E-state index in [1.807, 2.05) is 0 Å². The Hall–Kier alpha value is -1.30. The average Bonchev–Trinajstić information content (AvgIpc) is 2.17. The second-order valence-corrected chi connectivity index (χ2v) is 3.99. The fraction of sp³-hybridized carbons (Fsp3) is 0.778. The molecule has 6 nitrogen and oxygen atoms in total. The van der Waals surface area contributed by atoms with Crippen molar-refractivity contribution in [2.45, 2.75) is 12.8 Å². The molecule has 1 fully saturated rings. The van der Waals surface area contributed by atoms with E-state index in [2.05, 4.69) is 5.43 Å². The van der Waals surface area contributed by atoms with Crippen molar-refractivity contribution in [1.82, 2.24) is 15.3 Å². The minimum atomic E-state index is -0.447. The molecule has 0 radical (unpaired) electrons. The number of nitrogens with zero attached hydrogens (tertiary/aromatic N) is 2. The van der Waals surface area contributed by atoms with Crippen LogP contribution in [0.15, 0.2) is 0 Å². The van der Waals surface area contributed by atoms with E-state index < -0.39 is 6.03 Å². The first-order valence-electron chi connectivity index (χ1n) is 5.03. The number of hydrazine groups is 1. The van der Waals surface area contributed by atoms with Crippen LogP contribution in [0, 0.1) is 5.92 Å². The van der Waals surface area contributed by atoms with Crippen LogP contribution in [0.1, 0.15) is 12.8 Å². The van der Waals surface area contributed by atoms with Crippen LogP contribution in [0.4, 0.5) is 4.79 Å². The number of primary amides is 1. The molecule has 0 aromatic rings. The highest BCUT2D eigenvalue weighted by atomic mass is 16.2. The van der Waals surface area contributed by atoms with Gasteiger partial charge in [-0.3, -0.25) is 10.2 Å². The quantitative estimate of drug-likeness (QED) is 0.601. The molecule has 1 rings (SSSR count). The lowest BCUT2D eigenvalue weighted by Gasteiger charge is -2.31. The summed E-state index contributed by atoms with van der Waals surface area (Å²) in [6.07, 6.45) is 1.64. The van der Waals surface area contributed by atoms with Gasteiger partial charge in [-0.25, -0.2) is 9.80 Å². The van der Waals surface area contributed by atoms with Gasteiger partial charge in [0.2, 0.25) is 5.91 Å². The van der Waals surface area contributed by atoms with E-state index in [0.717, 1.165) is 12.8 Å². The van der Waals surface area contributed by atoms with Gasteiger partial charge in [0.1, 0.15) is 0 Å². The fourth-order valence-corrected chi connectivity index (χ4v) is 1.70. The predicted octanol–water partition coefficient (Wildman–Crippen LogP) is -0.630. The first-order valence-corrected chi connectivity index (χ1v) is 5.03. The van der Waals surface area contributed by atoms with Crippen molar-refractivity contribution < 1.29 is 9.59 Å². The lowest BCUT2D eigenvalue weighted by molar-refractivity contribution is -0.130. The molecule has 0 bridgehead atoms. The average molecular weight is 214 g/mol. The molecule has 1 atom stereocenters. The Bertz CT molecular complexity index is 254. The van der Waals surface area contributed by atoms with Crippen molar-refractivity contribution in [2.75, 3.05) is 27.2 Å². The molecular weight excluding hydrogens is 196 g/mol. The Morgan fingerprint density at radius 1 is 1.47 bits per heavy atom. The van der Waals surface area contributed by atoms with Crippen LogP contribution in [-0.2, 0) is 4.79 Å². The Kier molecular flexibility index (Phi) is 3.90. The smallest absolute Gasteiger partial charge is 0.314 e. The van der Waals surface area contributed by atoms with E-state index >= 15 is 0 Å². The first kappa shape index (κ1) is 11.8. The Morgan fingerprint density at radius 2 is 2.13 bits per heavy atom. The summed E-state index contributed by atoms with van der Waals surface area (Å²) in [5.41, 5.74) is 7.86. The highest BCUT2D eigenvalue weighted by Gasteiger charge is 2.27. The largest absolute Gasteiger partial charge is 0.351 e. The molecule has 0 unspecified atom stereocenters. The van der Waals surface area contributed by atoms with Crippen LogP contribution in [0.25, 0.3) is 0 Å². The Labute approximate surface area is 89.4 Å². The van der Waals surface area contributed by atoms with E-state index in [0.29, 0.717) is 13.1 Å². The second-order valence-electron chi connectivity index (χ2n) is 3.99. The van der Waals surface area contributed by atoms with Crippen LogP contribution in [0.5, 0.6) is 0 Å². The van der Waals surface area contributed by atoms with Crippen LogP contribution in [-0.4, -0.2) is 49.0 Å². The molecule has 3 N–H and O–H groups in total. The number of hydrogen-bond acceptors (Lipinski definition) is 3. The molecule has 1 heterocycles. The zero-order valence-electron chi connectivity index (χ0n) is 9.19. The third kappa shape index (κ3) is 3.39. The summed E-state index contributed by atoms with van der Waals surface area (Å²) in [5.74, 6) is -0.195. The van der Waals surface area contributed by atoms with E-state index in [9.17, 15) is 9.59 Å². The van der Waals surface area contributed by atoms with Gasteiger partial charge in [-0.05, 0) is 12.8 Å². The molecule has 0 aromatic carbocycles. The highest BCUT2D eigenvalue weighted by Crippen LogP contribution is 2.16. The second kappa shape index (κ2) is 4.97. The summed E-state index contributed by atoms with van der Waals surface area (Å²) in [7, 11) is 3.51. The van der Waals surface area contributed by atoms with Gasteiger partial charge < -0.3 is 10.6 Å². The monoisotopic (exact) mass is 214 g/mol. The number of amides is 3. The van der Waals surface area contributed by atoms with Crippen molar-refractivity contribution in [3.05, 3.63) is 0 Å². The first-order chi connectivity index (χ1) is 7.00. The molecular formula is C9H18N4O2. The number of nitrogens with one attached hydrogen (secondary N) is 1. The third-order valence-corrected chi connectivity index (χ3v) is 2.44. The molecule has 0 spiro atoms. The van der Waals surface area contributed by atoms with Crippen molar-refractivity contribution in [3.63, 3.8) is 0 Å². The van der Waals surface area contributed by atoms with E-state index in [1.165, 1.54) is 4.90 Å². The van der Waals surface area contributed by atoms with E-state index in [4.69, 9.17) is 5.73 Å². The van der Waals surface area contributed by atoms with Gasteiger partial charge >= 0.3 is 6.03 Å². The summed E-state index contributed by atoms with van der Waals surface area (Å²) < 4.78 is 0. The predicted molar refractivity (Wildman–Crippen MR) is 55.7 cm³/mol. The van der Waals surface area contributed by atoms with Gasteiger partial charge in [-0.1, -0.05) is 0 Å². The molecule has 1 aliphatic heterocycles. The minimum Gasteiger partial charge on any atom is -0.351 e. The van der Waals surface area contributed by atoms with Gasteiger partial charge in [0.05, 0.1) is 5.92 Å². The van der Waals surface area contributed by atoms with Crippen molar-refractivity contribution >= 4 is 11.9 Å². The number of nitrogens with two attached hydrogens (primary N) is 1. The highest BCUT2D eigenvalue weighted by molar-refractivity contribution is 5.80. The maximum atomic E-state index is 11.6. The molecule has 86 valence electrons. The van der Waals surface area contributed by atoms with E-state index in [1.54, 1.807) is 19.1 Å². The maximum absolute atomic E-state index is 11.6. The molecule has 6 heteroatoms. The lowest BCUT2D eigenvalue weighted by atomic mass is 9.98. The van der Waals surface area contributed by atoms with Gasteiger partial charge in [-0.2, -0.15) is 0 Å². The summed E-state index contributed by atoms with van der Waals surface area (Å²) in [5, 5.41) is 1.60. The third-order valence-electron chi connectivity index (χ3n) is 2.44. The zero-order chi connectivity index (χ0) is 11.4. The van der Waals surface area contributed by atoms with E-state index in [-0.39, 0.29) is 11.8 Å². The lowest BCUT2D eigenvalue weighted by Crippen LogP contribution is -2.49. The number of rotatable bonds is 2. The Morgan fingerprint density at radius 3 is 2.67 bits per heavy atom. The fourth-order valence-electron chi connectivity index (χ4n) is 1.70. The molecule has 1 saturated heterocycles. The number of carbonyl (C=O) groups is 2. The molecule has 3 amide bonds. The number of carbonyl (C=O) groups excluding carboxylic acids is 2.